The van der Waals surface area contributed by atoms with Crippen LogP contribution in [0.5, 0.6) is 0 Å². The van der Waals surface area contributed by atoms with Crippen LogP contribution in [0.25, 0.3) is 6.08 Å². The second-order valence-electron chi connectivity index (χ2n) is 8.99. The van der Waals surface area contributed by atoms with Gasteiger partial charge in [0.15, 0.2) is 0 Å². The molecular formula is C29H36N2O5. The number of allylic oxidation sites excluding steroid dienone is 1. The number of carbonyl (C=O) groups is 2. The quantitative estimate of drug-likeness (QED) is 0.139. The van der Waals surface area contributed by atoms with Gasteiger partial charge < -0.3 is 25.7 Å². The minimum atomic E-state index is -0.448. The largest absolute Gasteiger partial charge is 0.462 e. The van der Waals surface area contributed by atoms with E-state index in [9.17, 15) is 9.59 Å². The number of benzene rings is 2. The Bertz CT molecular complexity index is 1020. The number of esters is 2. The van der Waals surface area contributed by atoms with Gasteiger partial charge in [0.25, 0.3) is 0 Å². The topological polar surface area (TPSA) is 114 Å². The zero-order valence-electron chi connectivity index (χ0n) is 20.7. The van der Waals surface area contributed by atoms with Crippen molar-refractivity contribution in [1.29, 1.82) is 0 Å². The third kappa shape index (κ3) is 9.23. The molecule has 0 amide bonds. The van der Waals surface area contributed by atoms with Crippen LogP contribution in [0.3, 0.4) is 0 Å². The summed E-state index contributed by atoms with van der Waals surface area (Å²) in [4.78, 5) is 24.5. The molecule has 4 N–H and O–H groups in total. The highest BCUT2D eigenvalue weighted by Crippen LogP contribution is 2.25. The lowest BCUT2D eigenvalue weighted by atomic mass is 9.95. The first-order chi connectivity index (χ1) is 17.4. The van der Waals surface area contributed by atoms with Crippen molar-refractivity contribution < 1.29 is 23.8 Å². The van der Waals surface area contributed by atoms with Crippen LogP contribution in [0.2, 0.25) is 0 Å². The summed E-state index contributed by atoms with van der Waals surface area (Å²) >= 11 is 0. The fourth-order valence-corrected chi connectivity index (χ4v) is 4.12. The monoisotopic (exact) mass is 492 g/mol. The number of ether oxygens (including phenoxy) is 3. The van der Waals surface area contributed by atoms with Gasteiger partial charge in [0.05, 0.1) is 18.3 Å². The van der Waals surface area contributed by atoms with Crippen LogP contribution in [0, 0.1) is 0 Å². The highest BCUT2D eigenvalue weighted by molar-refractivity contribution is 5.90. The predicted octanol–water partition coefficient (Wildman–Crippen LogP) is 5.10. The van der Waals surface area contributed by atoms with Crippen molar-refractivity contribution in [2.45, 2.75) is 57.2 Å². The average molecular weight is 493 g/mol. The molecule has 0 heterocycles. The maximum Gasteiger partial charge on any atom is 0.338 e. The molecule has 0 bridgehead atoms. The van der Waals surface area contributed by atoms with Crippen LogP contribution in [0.4, 0.5) is 11.4 Å². The highest BCUT2D eigenvalue weighted by atomic mass is 16.5. The lowest BCUT2D eigenvalue weighted by molar-refractivity contribution is -0.137. The van der Waals surface area contributed by atoms with Gasteiger partial charge in [-0.1, -0.05) is 18.2 Å². The molecule has 1 aliphatic carbocycles. The van der Waals surface area contributed by atoms with Crippen LogP contribution < -0.4 is 11.5 Å². The first-order valence-electron chi connectivity index (χ1n) is 12.5. The third-order valence-corrected chi connectivity index (χ3v) is 6.03. The van der Waals surface area contributed by atoms with Crippen molar-refractivity contribution in [2.75, 3.05) is 24.7 Å². The van der Waals surface area contributed by atoms with Crippen molar-refractivity contribution in [3.63, 3.8) is 0 Å². The maximum absolute atomic E-state index is 12.5. The zero-order valence-corrected chi connectivity index (χ0v) is 20.7. The molecule has 0 saturated heterocycles. The summed E-state index contributed by atoms with van der Waals surface area (Å²) in [5, 5.41) is 0. The second kappa shape index (κ2) is 14.1. The molecule has 1 saturated carbocycles. The summed E-state index contributed by atoms with van der Waals surface area (Å²) in [7, 11) is 0. The Morgan fingerprint density at radius 2 is 1.61 bits per heavy atom. The van der Waals surface area contributed by atoms with Crippen LogP contribution in [-0.4, -0.2) is 37.4 Å². The van der Waals surface area contributed by atoms with E-state index in [1.54, 1.807) is 48.5 Å². The summed E-state index contributed by atoms with van der Waals surface area (Å²) in [6.45, 7) is 4.69. The normalized spacial score (nSPS) is 17.6. The summed E-state index contributed by atoms with van der Waals surface area (Å²) in [6.07, 6.45) is 11.0. The Morgan fingerprint density at radius 3 is 2.28 bits per heavy atom. The molecule has 1 aliphatic rings. The van der Waals surface area contributed by atoms with Gasteiger partial charge in [0.1, 0.15) is 6.10 Å². The Hall–Kier alpha value is -3.58. The Kier molecular flexibility index (Phi) is 10.6. The number of rotatable bonds is 12. The molecule has 192 valence electrons. The molecule has 1 fully saturated rings. The molecule has 0 aliphatic heterocycles. The predicted molar refractivity (Wildman–Crippen MR) is 142 cm³/mol. The van der Waals surface area contributed by atoms with E-state index in [4.69, 9.17) is 25.7 Å². The van der Waals surface area contributed by atoms with Crippen molar-refractivity contribution in [1.82, 2.24) is 0 Å². The molecule has 0 spiro atoms. The smallest absolute Gasteiger partial charge is 0.338 e. The first-order valence-corrected chi connectivity index (χ1v) is 12.5. The second-order valence-corrected chi connectivity index (χ2v) is 8.99. The minimum absolute atomic E-state index is 0.0800. The van der Waals surface area contributed by atoms with Gasteiger partial charge in [-0.25, -0.2) is 9.59 Å². The number of hydrogen-bond donors (Lipinski definition) is 2. The maximum atomic E-state index is 12.5. The Labute approximate surface area is 213 Å². The molecule has 0 atom stereocenters. The molecule has 36 heavy (non-hydrogen) atoms. The molecule has 3 rings (SSSR count). The van der Waals surface area contributed by atoms with E-state index in [1.165, 1.54) is 6.08 Å². The van der Waals surface area contributed by atoms with Gasteiger partial charge in [-0.2, -0.15) is 0 Å². The zero-order chi connectivity index (χ0) is 25.8. The van der Waals surface area contributed by atoms with Crippen LogP contribution in [0.1, 0.15) is 60.0 Å². The summed E-state index contributed by atoms with van der Waals surface area (Å²) in [5.41, 5.74) is 14.9. The van der Waals surface area contributed by atoms with Gasteiger partial charge in [0.2, 0.25) is 0 Å². The van der Waals surface area contributed by atoms with Gasteiger partial charge in [-0.15, -0.1) is 6.58 Å². The Balaban J connectivity index is 1.37. The standard InChI is InChI=1S/C29H36N2O5/c1-2-3-4-16-34-26-10-12-27(13-11-26)36-29(33)23-8-5-21(6-9-23)7-14-28(32)35-17-15-22-18-24(30)20-25(31)19-22/h2,5-9,14,18-20,26-27H,1,3-4,10-13,15-17,30-31H2/b14-7+. The minimum Gasteiger partial charge on any atom is -0.462 e. The number of unbranched alkanes of at least 4 members (excludes halogenated alkanes) is 1. The number of nitrogens with two attached hydrogens (primary N) is 2. The lowest BCUT2D eigenvalue weighted by Crippen LogP contribution is -2.28. The molecule has 2 aromatic rings. The van der Waals surface area contributed by atoms with E-state index in [1.807, 2.05) is 6.08 Å². The highest BCUT2D eigenvalue weighted by Gasteiger charge is 2.24. The van der Waals surface area contributed by atoms with Gasteiger partial charge in [-0.05, 0) is 86.1 Å². The summed E-state index contributed by atoms with van der Waals surface area (Å²) < 4.78 is 16.8. The van der Waals surface area contributed by atoms with Gasteiger partial charge in [0, 0.05) is 30.5 Å². The van der Waals surface area contributed by atoms with Crippen molar-refractivity contribution in [2.24, 2.45) is 0 Å². The van der Waals surface area contributed by atoms with E-state index >= 15 is 0 Å². The molecule has 2 aromatic carbocycles. The number of nitrogen functional groups attached to an aromatic ring is 2. The van der Waals surface area contributed by atoms with Crippen molar-refractivity contribution >= 4 is 29.4 Å². The van der Waals surface area contributed by atoms with E-state index in [2.05, 4.69) is 6.58 Å². The summed E-state index contributed by atoms with van der Waals surface area (Å²) in [6, 6.07) is 12.2. The Morgan fingerprint density at radius 1 is 0.944 bits per heavy atom. The van der Waals surface area contributed by atoms with E-state index < -0.39 is 5.97 Å². The fourth-order valence-electron chi connectivity index (χ4n) is 4.12. The van der Waals surface area contributed by atoms with Crippen molar-refractivity contribution in [3.8, 4) is 0 Å². The number of hydrogen-bond acceptors (Lipinski definition) is 7. The van der Waals surface area contributed by atoms with E-state index in [0.29, 0.717) is 23.4 Å². The van der Waals surface area contributed by atoms with Crippen LogP contribution in [-0.2, 0) is 25.4 Å². The fraction of sp³-hybridized carbons (Fsp3) is 0.379. The average Bonchev–Trinajstić information content (AvgIpc) is 2.86. The van der Waals surface area contributed by atoms with E-state index in [-0.39, 0.29) is 24.8 Å². The van der Waals surface area contributed by atoms with Gasteiger partial charge >= 0.3 is 11.9 Å². The third-order valence-electron chi connectivity index (χ3n) is 6.03. The molecule has 0 unspecified atom stereocenters. The van der Waals surface area contributed by atoms with Crippen molar-refractivity contribution in [3.05, 3.63) is 77.9 Å². The number of anilines is 2. The van der Waals surface area contributed by atoms with Gasteiger partial charge in [-0.3, -0.25) is 0 Å². The molecule has 7 heteroatoms. The molecule has 7 nitrogen and oxygen atoms in total. The van der Waals surface area contributed by atoms with Crippen LogP contribution in [0.15, 0.2) is 61.2 Å². The number of carbonyl (C=O) groups excluding carboxylic acids is 2. The lowest BCUT2D eigenvalue weighted by Gasteiger charge is -2.28. The van der Waals surface area contributed by atoms with E-state index in [0.717, 1.165) is 56.3 Å². The molecule has 0 aromatic heterocycles. The molecule has 0 radical (unpaired) electrons. The first kappa shape index (κ1) is 27.0. The molecular weight excluding hydrogens is 456 g/mol. The SMILES string of the molecule is C=CCCCOC1CCC(OC(=O)c2ccc(/C=C/C(=O)OCCc3cc(N)cc(N)c3)cc2)CC1. The van der Waals surface area contributed by atoms with Crippen LogP contribution >= 0.6 is 0 Å². The summed E-state index contributed by atoms with van der Waals surface area (Å²) in [5.74, 6) is -0.780.